The van der Waals surface area contributed by atoms with Crippen LogP contribution in [0.5, 0.6) is 0 Å². The normalized spacial score (nSPS) is 17.2. The van der Waals surface area contributed by atoms with Crippen LogP contribution < -0.4 is 10.2 Å². The van der Waals surface area contributed by atoms with Crippen molar-refractivity contribution in [2.24, 2.45) is 0 Å². The summed E-state index contributed by atoms with van der Waals surface area (Å²) in [5.74, 6) is -1.29. The highest BCUT2D eigenvalue weighted by atomic mass is 19.4. The number of hydrogen-bond acceptors (Lipinski definition) is 4. The number of aromatic nitrogens is 2. The molecule has 0 aromatic carbocycles. The SMILES string of the molecule is CC(C)(F)C[C@H]1CN(c2ccc(C(F)(F)F)nc2)C(=O)N1CC(=O)Nc1cc(C(F)(F)F)ccn1. The highest BCUT2D eigenvalue weighted by molar-refractivity contribution is 5.99. The van der Waals surface area contributed by atoms with Gasteiger partial charge in [0.25, 0.3) is 0 Å². The van der Waals surface area contributed by atoms with Gasteiger partial charge >= 0.3 is 18.4 Å². The number of hydrogen-bond donors (Lipinski definition) is 1. The summed E-state index contributed by atoms with van der Waals surface area (Å²) >= 11 is 0. The first kappa shape index (κ1) is 26.2. The molecule has 0 radical (unpaired) electrons. The van der Waals surface area contributed by atoms with Crippen molar-refractivity contribution in [2.45, 2.75) is 44.3 Å². The molecule has 0 spiro atoms. The zero-order valence-corrected chi connectivity index (χ0v) is 18.4. The summed E-state index contributed by atoms with van der Waals surface area (Å²) < 4.78 is 91.4. The molecule has 0 unspecified atom stereocenters. The number of halogens is 7. The van der Waals surface area contributed by atoms with Gasteiger partial charge in [0.05, 0.1) is 23.5 Å². The largest absolute Gasteiger partial charge is 0.433 e. The molecule has 14 heteroatoms. The average molecular weight is 507 g/mol. The Bertz CT molecular complexity index is 1080. The Balaban J connectivity index is 1.79. The smallest absolute Gasteiger partial charge is 0.310 e. The van der Waals surface area contributed by atoms with E-state index in [0.717, 1.165) is 34.3 Å². The van der Waals surface area contributed by atoms with E-state index in [1.54, 1.807) is 0 Å². The summed E-state index contributed by atoms with van der Waals surface area (Å²) in [6.07, 6.45) is -7.86. The summed E-state index contributed by atoms with van der Waals surface area (Å²) in [6, 6.07) is 1.39. The molecular formula is C21H20F7N5O2. The zero-order valence-electron chi connectivity index (χ0n) is 18.4. The third-order valence-corrected chi connectivity index (χ3v) is 5.05. The molecule has 0 aliphatic carbocycles. The van der Waals surface area contributed by atoms with Gasteiger partial charge in [0.2, 0.25) is 5.91 Å². The molecular weight excluding hydrogens is 487 g/mol. The van der Waals surface area contributed by atoms with Gasteiger partial charge in [0.15, 0.2) is 0 Å². The predicted octanol–water partition coefficient (Wildman–Crippen LogP) is 4.90. The van der Waals surface area contributed by atoms with Crippen molar-refractivity contribution in [3.63, 3.8) is 0 Å². The van der Waals surface area contributed by atoms with Crippen molar-refractivity contribution in [3.05, 3.63) is 47.9 Å². The lowest BCUT2D eigenvalue weighted by Gasteiger charge is -2.26. The number of urea groups is 1. The van der Waals surface area contributed by atoms with Crippen molar-refractivity contribution >= 4 is 23.4 Å². The van der Waals surface area contributed by atoms with Gasteiger partial charge < -0.3 is 10.2 Å². The van der Waals surface area contributed by atoms with Crippen LogP contribution in [0.3, 0.4) is 0 Å². The van der Waals surface area contributed by atoms with Gasteiger partial charge in [-0.2, -0.15) is 26.3 Å². The molecule has 35 heavy (non-hydrogen) atoms. The summed E-state index contributed by atoms with van der Waals surface area (Å²) in [4.78, 5) is 34.5. The number of alkyl halides is 7. The van der Waals surface area contributed by atoms with Crippen LogP contribution >= 0.6 is 0 Å². The maximum Gasteiger partial charge on any atom is 0.433 e. The van der Waals surface area contributed by atoms with Gasteiger partial charge in [-0.15, -0.1) is 0 Å². The molecule has 3 rings (SSSR count). The van der Waals surface area contributed by atoms with E-state index in [0.29, 0.717) is 12.1 Å². The number of nitrogens with zero attached hydrogens (tertiary/aromatic N) is 4. The first-order chi connectivity index (χ1) is 16.0. The number of anilines is 2. The number of carbonyl (C=O) groups is 2. The van der Waals surface area contributed by atoms with Gasteiger partial charge in [-0.3, -0.25) is 9.69 Å². The fourth-order valence-corrected chi connectivity index (χ4v) is 3.57. The number of pyridine rings is 2. The summed E-state index contributed by atoms with van der Waals surface area (Å²) in [5, 5.41) is 2.17. The lowest BCUT2D eigenvalue weighted by molar-refractivity contribution is -0.141. The third kappa shape index (κ3) is 6.57. The van der Waals surface area contributed by atoms with Crippen molar-refractivity contribution in [2.75, 3.05) is 23.3 Å². The third-order valence-electron chi connectivity index (χ3n) is 5.05. The van der Waals surface area contributed by atoms with E-state index in [-0.39, 0.29) is 18.7 Å². The van der Waals surface area contributed by atoms with Crippen molar-refractivity contribution < 1.29 is 40.3 Å². The van der Waals surface area contributed by atoms with E-state index in [1.165, 1.54) is 13.8 Å². The second kappa shape index (κ2) is 9.30. The molecule has 3 amide bonds. The molecule has 1 aliphatic heterocycles. The Labute approximate surface area is 194 Å². The molecule has 0 bridgehead atoms. The van der Waals surface area contributed by atoms with Crippen LogP contribution in [0, 0.1) is 0 Å². The minimum absolute atomic E-state index is 0.00659. The lowest BCUT2D eigenvalue weighted by atomic mass is 10.0. The molecule has 2 aromatic heterocycles. The van der Waals surface area contributed by atoms with E-state index >= 15 is 0 Å². The molecule has 1 saturated heterocycles. The van der Waals surface area contributed by atoms with Gasteiger partial charge in [0.1, 0.15) is 23.7 Å². The monoisotopic (exact) mass is 507 g/mol. The fraction of sp³-hybridized carbons (Fsp3) is 0.429. The molecule has 2 aromatic rings. The Morgan fingerprint density at radius 3 is 2.29 bits per heavy atom. The standard InChI is InChI=1S/C21H20F7N5O2/c1-19(2,22)8-14-10-32(13-3-4-15(30-9-13)21(26,27)28)18(35)33(14)11-17(34)31-16-7-12(5-6-29-16)20(23,24)25/h3-7,9,14H,8,10-11H2,1-2H3,(H,29,31,34)/t14-/m0/s1. The molecule has 1 atom stereocenters. The molecule has 3 heterocycles. The minimum Gasteiger partial charge on any atom is -0.310 e. The van der Waals surface area contributed by atoms with Crippen LogP contribution in [0.15, 0.2) is 36.7 Å². The van der Waals surface area contributed by atoms with Gasteiger partial charge in [0, 0.05) is 19.2 Å². The summed E-state index contributed by atoms with van der Waals surface area (Å²) in [5.41, 5.74) is -3.97. The maximum atomic E-state index is 14.4. The van der Waals surface area contributed by atoms with Gasteiger partial charge in [-0.1, -0.05) is 0 Å². The second-order valence-electron chi connectivity index (χ2n) is 8.47. The average Bonchev–Trinajstić information content (AvgIpc) is 3.01. The van der Waals surface area contributed by atoms with E-state index in [4.69, 9.17) is 0 Å². The summed E-state index contributed by atoms with van der Waals surface area (Å²) in [7, 11) is 0. The van der Waals surface area contributed by atoms with Gasteiger partial charge in [-0.05, 0) is 38.1 Å². The van der Waals surface area contributed by atoms with E-state index in [1.807, 2.05) is 0 Å². The number of amides is 3. The van der Waals surface area contributed by atoms with Crippen LogP contribution in [0.4, 0.5) is 47.0 Å². The van der Waals surface area contributed by atoms with Gasteiger partial charge in [-0.25, -0.2) is 19.2 Å². The number of rotatable bonds is 6. The Morgan fingerprint density at radius 2 is 1.74 bits per heavy atom. The van der Waals surface area contributed by atoms with Crippen LogP contribution in [0.25, 0.3) is 0 Å². The van der Waals surface area contributed by atoms with Crippen molar-refractivity contribution in [3.8, 4) is 0 Å². The Hall–Kier alpha value is -3.45. The lowest BCUT2D eigenvalue weighted by Crippen LogP contribution is -2.42. The van der Waals surface area contributed by atoms with Crippen LogP contribution in [-0.2, 0) is 17.1 Å². The first-order valence-electron chi connectivity index (χ1n) is 10.2. The van der Waals surface area contributed by atoms with Crippen molar-refractivity contribution in [1.82, 2.24) is 14.9 Å². The number of nitrogens with one attached hydrogen (secondary N) is 1. The topological polar surface area (TPSA) is 78.4 Å². The number of carbonyl (C=O) groups excluding carboxylic acids is 2. The first-order valence-corrected chi connectivity index (χ1v) is 10.2. The van der Waals surface area contributed by atoms with Crippen LogP contribution in [-0.4, -0.2) is 51.6 Å². The minimum atomic E-state index is -4.68. The molecule has 7 nitrogen and oxygen atoms in total. The second-order valence-corrected chi connectivity index (χ2v) is 8.47. The van der Waals surface area contributed by atoms with E-state index in [2.05, 4.69) is 15.3 Å². The highest BCUT2D eigenvalue weighted by Crippen LogP contribution is 2.32. The zero-order chi connectivity index (χ0) is 26.2. The Morgan fingerprint density at radius 1 is 1.06 bits per heavy atom. The molecule has 1 N–H and O–H groups in total. The summed E-state index contributed by atoms with van der Waals surface area (Å²) in [6.45, 7) is 1.71. The van der Waals surface area contributed by atoms with Crippen LogP contribution in [0.2, 0.25) is 0 Å². The highest BCUT2D eigenvalue weighted by Gasteiger charge is 2.42. The maximum absolute atomic E-state index is 14.4. The molecule has 1 fully saturated rings. The molecule has 190 valence electrons. The van der Waals surface area contributed by atoms with Crippen molar-refractivity contribution in [1.29, 1.82) is 0 Å². The Kier molecular flexibility index (Phi) is 6.95. The molecule has 1 aliphatic rings. The van der Waals surface area contributed by atoms with E-state index < -0.39 is 59.6 Å². The predicted molar refractivity (Wildman–Crippen MR) is 110 cm³/mol. The van der Waals surface area contributed by atoms with Crippen LogP contribution in [0.1, 0.15) is 31.5 Å². The quantitative estimate of drug-likeness (QED) is 0.565. The molecule has 0 saturated carbocycles. The fourth-order valence-electron chi connectivity index (χ4n) is 3.57. The van der Waals surface area contributed by atoms with E-state index in [9.17, 15) is 40.3 Å².